The van der Waals surface area contributed by atoms with Crippen LogP contribution in [-0.4, -0.2) is 37.6 Å². The summed E-state index contributed by atoms with van der Waals surface area (Å²) in [5.41, 5.74) is 0.0630. The molecule has 0 spiro atoms. The summed E-state index contributed by atoms with van der Waals surface area (Å²) in [5, 5.41) is 8.40. The molecule has 2 aromatic heterocycles. The smallest absolute Gasteiger partial charge is 0.295 e. The van der Waals surface area contributed by atoms with E-state index >= 15 is 0 Å². The molecule has 1 atom stereocenters. The third-order valence-corrected chi connectivity index (χ3v) is 4.45. The second-order valence-corrected chi connectivity index (χ2v) is 6.18. The van der Waals surface area contributed by atoms with Crippen molar-refractivity contribution in [1.29, 1.82) is 0 Å². The van der Waals surface area contributed by atoms with E-state index in [4.69, 9.17) is 11.6 Å². The predicted octanol–water partition coefficient (Wildman–Crippen LogP) is 3.13. The zero-order valence-corrected chi connectivity index (χ0v) is 13.3. The van der Waals surface area contributed by atoms with Gasteiger partial charge in [-0.3, -0.25) is 14.3 Å². The molecule has 0 radical (unpaired) electrons. The van der Waals surface area contributed by atoms with Crippen LogP contribution in [0.1, 0.15) is 30.3 Å². The molecule has 2 aromatic rings. The highest BCUT2D eigenvalue weighted by atomic mass is 35.5. The van der Waals surface area contributed by atoms with E-state index in [0.29, 0.717) is 18.1 Å². The highest BCUT2D eigenvalue weighted by Crippen LogP contribution is 2.29. The molecule has 1 fully saturated rings. The van der Waals surface area contributed by atoms with Gasteiger partial charge in [0, 0.05) is 26.3 Å². The largest absolute Gasteiger partial charge is 0.435 e. The lowest BCUT2D eigenvalue weighted by atomic mass is 10.1. The second kappa shape index (κ2) is 6.16. The number of hydrogen-bond acceptors (Lipinski definition) is 3. The van der Waals surface area contributed by atoms with Gasteiger partial charge in [-0.1, -0.05) is 11.6 Å². The van der Waals surface area contributed by atoms with Crippen LogP contribution >= 0.6 is 11.6 Å². The van der Waals surface area contributed by atoms with Gasteiger partial charge in [-0.15, -0.1) is 0 Å². The van der Waals surface area contributed by atoms with E-state index in [0.717, 1.165) is 31.1 Å². The molecule has 0 amide bonds. The maximum absolute atomic E-state index is 12.7. The third-order valence-electron chi connectivity index (χ3n) is 4.14. The van der Waals surface area contributed by atoms with Gasteiger partial charge in [0.25, 0.3) is 0 Å². The monoisotopic (exact) mass is 347 g/mol. The molecule has 0 aromatic carbocycles. The first kappa shape index (κ1) is 16.3. The molecular formula is C14H17ClF3N5. The van der Waals surface area contributed by atoms with Gasteiger partial charge in [-0.25, -0.2) is 0 Å². The molecule has 5 nitrogen and oxygen atoms in total. The molecule has 0 saturated carbocycles. The molecule has 3 heterocycles. The molecule has 1 saturated heterocycles. The van der Waals surface area contributed by atoms with Crippen molar-refractivity contribution in [2.75, 3.05) is 13.1 Å². The van der Waals surface area contributed by atoms with Crippen molar-refractivity contribution in [2.45, 2.75) is 31.6 Å². The molecule has 0 aliphatic carbocycles. The van der Waals surface area contributed by atoms with Crippen LogP contribution in [0.5, 0.6) is 0 Å². The number of likely N-dealkylation sites (tertiary alicyclic amines) is 1. The summed E-state index contributed by atoms with van der Waals surface area (Å²) in [4.78, 5) is 2.17. The van der Waals surface area contributed by atoms with Gasteiger partial charge in [0.15, 0.2) is 5.69 Å². The molecule has 3 rings (SSSR count). The Hall–Kier alpha value is -1.54. The number of piperidine rings is 1. The van der Waals surface area contributed by atoms with E-state index in [-0.39, 0.29) is 6.04 Å². The molecule has 1 aliphatic rings. The Kier molecular flexibility index (Phi) is 4.37. The third kappa shape index (κ3) is 3.53. The first-order chi connectivity index (χ1) is 10.8. The fraction of sp³-hybridized carbons (Fsp3) is 0.571. The topological polar surface area (TPSA) is 38.9 Å². The van der Waals surface area contributed by atoms with Crippen LogP contribution in [0.2, 0.25) is 5.02 Å². The fourth-order valence-electron chi connectivity index (χ4n) is 2.91. The predicted molar refractivity (Wildman–Crippen MR) is 79.0 cm³/mol. The zero-order chi connectivity index (χ0) is 16.6. The molecule has 23 heavy (non-hydrogen) atoms. The standard InChI is InChI=1S/C14H17ClF3N5/c1-21-12(11(15)7-19-21)9-22-5-2-3-10(8-22)23-6-4-13(20-23)14(16,17)18/h4,6-7,10H,2-3,5,8-9H2,1H3. The van der Waals surface area contributed by atoms with Crippen LogP contribution in [0, 0.1) is 0 Å². The van der Waals surface area contributed by atoms with Crippen LogP contribution in [-0.2, 0) is 19.8 Å². The van der Waals surface area contributed by atoms with Crippen LogP contribution in [0.25, 0.3) is 0 Å². The summed E-state index contributed by atoms with van der Waals surface area (Å²) in [6, 6.07) is 0.962. The summed E-state index contributed by atoms with van der Waals surface area (Å²) >= 11 is 6.12. The van der Waals surface area contributed by atoms with Gasteiger partial charge in [-0.05, 0) is 25.5 Å². The maximum atomic E-state index is 12.7. The molecule has 0 bridgehead atoms. The number of aromatic nitrogens is 4. The van der Waals surface area contributed by atoms with E-state index < -0.39 is 11.9 Å². The minimum atomic E-state index is -4.40. The average molecular weight is 348 g/mol. The van der Waals surface area contributed by atoms with Crippen molar-refractivity contribution in [3.63, 3.8) is 0 Å². The van der Waals surface area contributed by atoms with Crippen LogP contribution in [0.4, 0.5) is 13.2 Å². The Morgan fingerprint density at radius 1 is 1.39 bits per heavy atom. The summed E-state index contributed by atoms with van der Waals surface area (Å²) in [5.74, 6) is 0. The Balaban J connectivity index is 1.70. The number of nitrogens with zero attached hydrogens (tertiary/aromatic N) is 5. The Morgan fingerprint density at radius 3 is 2.78 bits per heavy atom. The van der Waals surface area contributed by atoms with E-state index in [9.17, 15) is 13.2 Å². The minimum absolute atomic E-state index is 0.0631. The quantitative estimate of drug-likeness (QED) is 0.856. The average Bonchev–Trinajstić information content (AvgIpc) is 3.10. The van der Waals surface area contributed by atoms with Gasteiger partial charge < -0.3 is 0 Å². The summed E-state index contributed by atoms with van der Waals surface area (Å²) in [7, 11) is 1.83. The van der Waals surface area contributed by atoms with Gasteiger partial charge >= 0.3 is 6.18 Å². The first-order valence-corrected chi connectivity index (χ1v) is 7.73. The summed E-state index contributed by atoms with van der Waals surface area (Å²) in [6.45, 7) is 2.14. The van der Waals surface area contributed by atoms with Crippen molar-refractivity contribution < 1.29 is 13.2 Å². The molecule has 126 valence electrons. The SMILES string of the molecule is Cn1ncc(Cl)c1CN1CCCC(n2ccc(C(F)(F)F)n2)C1. The lowest BCUT2D eigenvalue weighted by molar-refractivity contribution is -0.141. The number of aryl methyl sites for hydroxylation is 1. The van der Waals surface area contributed by atoms with Gasteiger partial charge in [0.2, 0.25) is 0 Å². The van der Waals surface area contributed by atoms with Crippen LogP contribution in [0.15, 0.2) is 18.5 Å². The molecule has 0 N–H and O–H groups in total. The van der Waals surface area contributed by atoms with Crippen molar-refractivity contribution in [3.05, 3.63) is 34.9 Å². The molecule has 1 aliphatic heterocycles. The van der Waals surface area contributed by atoms with E-state index in [1.165, 1.54) is 10.9 Å². The Labute approximate surface area is 136 Å². The normalized spacial score (nSPS) is 20.1. The van der Waals surface area contributed by atoms with Crippen molar-refractivity contribution in [3.8, 4) is 0 Å². The highest BCUT2D eigenvalue weighted by Gasteiger charge is 2.34. The van der Waals surface area contributed by atoms with E-state index in [1.807, 2.05) is 7.05 Å². The zero-order valence-electron chi connectivity index (χ0n) is 12.6. The highest BCUT2D eigenvalue weighted by molar-refractivity contribution is 6.31. The lowest BCUT2D eigenvalue weighted by Crippen LogP contribution is -2.37. The van der Waals surface area contributed by atoms with E-state index in [2.05, 4.69) is 15.1 Å². The minimum Gasteiger partial charge on any atom is -0.295 e. The van der Waals surface area contributed by atoms with Crippen molar-refractivity contribution in [2.24, 2.45) is 7.05 Å². The maximum Gasteiger partial charge on any atom is 0.435 e. The van der Waals surface area contributed by atoms with Crippen molar-refractivity contribution in [1.82, 2.24) is 24.5 Å². The summed E-state index contributed by atoms with van der Waals surface area (Å²) < 4.78 is 41.2. The molecule has 1 unspecified atom stereocenters. The van der Waals surface area contributed by atoms with Crippen molar-refractivity contribution >= 4 is 11.6 Å². The molecular weight excluding hydrogens is 331 g/mol. The fourth-order valence-corrected chi connectivity index (χ4v) is 3.13. The number of alkyl halides is 3. The summed E-state index contributed by atoms with van der Waals surface area (Å²) in [6.07, 6.45) is 0.327. The van der Waals surface area contributed by atoms with Gasteiger partial charge in [-0.2, -0.15) is 23.4 Å². The second-order valence-electron chi connectivity index (χ2n) is 5.77. The Bertz CT molecular complexity index is 659. The van der Waals surface area contributed by atoms with Crippen LogP contribution in [0.3, 0.4) is 0 Å². The molecule has 9 heteroatoms. The lowest BCUT2D eigenvalue weighted by Gasteiger charge is -2.32. The van der Waals surface area contributed by atoms with Crippen LogP contribution < -0.4 is 0 Å². The van der Waals surface area contributed by atoms with Gasteiger partial charge in [0.1, 0.15) is 0 Å². The van der Waals surface area contributed by atoms with Gasteiger partial charge in [0.05, 0.1) is 23.0 Å². The first-order valence-electron chi connectivity index (χ1n) is 7.35. The van der Waals surface area contributed by atoms with E-state index in [1.54, 1.807) is 10.9 Å². The number of hydrogen-bond donors (Lipinski definition) is 0. The Morgan fingerprint density at radius 2 is 2.17 bits per heavy atom. The number of halogens is 4. The number of rotatable bonds is 3.